The van der Waals surface area contributed by atoms with Crippen LogP contribution in [0.3, 0.4) is 0 Å². The molecule has 3 rings (SSSR count). The van der Waals surface area contributed by atoms with E-state index in [9.17, 15) is 0 Å². The fraction of sp³-hybridized carbons (Fsp3) is 0.182. The molecule has 3 aromatic carbocycles. The first-order valence-corrected chi connectivity index (χ1v) is 11.8. The minimum atomic E-state index is -0.861. The summed E-state index contributed by atoms with van der Waals surface area (Å²) in [7, 11) is -0.861. The van der Waals surface area contributed by atoms with Gasteiger partial charge in [0, 0.05) is 0 Å². The standard InChI is InChI=1S/C18H15.C4H11Si.Pt/c1-14-7-8-18(13-14)17-11-9-16(10-12-17)15-5-3-2-4-6-15;1-5(2,3)4;/h2-13H,1H3;1H2,2-4H3;/q2*-1;+2. The number of benzene rings is 2. The van der Waals surface area contributed by atoms with E-state index >= 15 is 0 Å². The zero-order valence-corrected chi connectivity index (χ0v) is 18.2. The summed E-state index contributed by atoms with van der Waals surface area (Å²) < 4.78 is 0. The van der Waals surface area contributed by atoms with Gasteiger partial charge in [0.05, 0.1) is 0 Å². The Kier molecular flexibility index (Phi) is 7.99. The topological polar surface area (TPSA) is 0 Å². The summed E-state index contributed by atoms with van der Waals surface area (Å²) in [5, 5.41) is 0. The SMILES string of the molecule is Cc1cc[c-](-c2ccc(-c3ccccc3)cc2)c1.[CH2-][Si](C)(C)C.[Pt+2]. The van der Waals surface area contributed by atoms with Gasteiger partial charge in [0.25, 0.3) is 0 Å². The van der Waals surface area contributed by atoms with Crippen molar-refractivity contribution in [1.29, 1.82) is 0 Å². The Bertz CT molecular complexity index is 713. The molecule has 24 heavy (non-hydrogen) atoms. The van der Waals surface area contributed by atoms with E-state index in [1.54, 1.807) is 0 Å². The predicted molar refractivity (Wildman–Crippen MR) is 106 cm³/mol. The molecule has 128 valence electrons. The van der Waals surface area contributed by atoms with Crippen molar-refractivity contribution in [3.8, 4) is 22.3 Å². The van der Waals surface area contributed by atoms with Crippen LogP contribution in [0.2, 0.25) is 19.6 Å². The molecule has 0 amide bonds. The van der Waals surface area contributed by atoms with E-state index in [0.29, 0.717) is 0 Å². The van der Waals surface area contributed by atoms with Crippen molar-refractivity contribution in [2.45, 2.75) is 26.6 Å². The molecule has 0 aliphatic carbocycles. The first-order chi connectivity index (χ1) is 10.8. The van der Waals surface area contributed by atoms with Gasteiger partial charge in [-0.1, -0.05) is 74.6 Å². The molecule has 0 aliphatic rings. The van der Waals surface area contributed by atoms with Crippen molar-refractivity contribution < 1.29 is 21.1 Å². The van der Waals surface area contributed by atoms with Gasteiger partial charge in [-0.05, 0) is 11.1 Å². The van der Waals surface area contributed by atoms with Gasteiger partial charge in [-0.2, -0.15) is 0 Å². The predicted octanol–water partition coefficient (Wildman–Crippen LogP) is 6.74. The van der Waals surface area contributed by atoms with Gasteiger partial charge in [-0.3, -0.25) is 0 Å². The van der Waals surface area contributed by atoms with Crippen molar-refractivity contribution >= 4 is 8.07 Å². The minimum Gasteiger partial charge on any atom is -0.342 e. The Hall–Kier alpha value is -1.30. The third-order valence-electron chi connectivity index (χ3n) is 3.23. The Morgan fingerprint density at radius 3 is 1.75 bits per heavy atom. The quantitative estimate of drug-likeness (QED) is 0.263. The van der Waals surface area contributed by atoms with Gasteiger partial charge < -0.3 is 6.55 Å². The van der Waals surface area contributed by atoms with E-state index in [-0.39, 0.29) is 21.1 Å². The van der Waals surface area contributed by atoms with Crippen molar-refractivity contribution in [2.75, 3.05) is 0 Å². The molecule has 0 heterocycles. The molecule has 0 fully saturated rings. The molecule has 0 spiro atoms. The third-order valence-corrected chi connectivity index (χ3v) is 3.23. The molecule has 0 aliphatic heterocycles. The van der Waals surface area contributed by atoms with Crippen LogP contribution in [0.5, 0.6) is 0 Å². The molecule has 0 saturated carbocycles. The van der Waals surface area contributed by atoms with Gasteiger partial charge in [0.15, 0.2) is 0 Å². The maximum Gasteiger partial charge on any atom is 2.00 e. The Morgan fingerprint density at radius 1 is 0.792 bits per heavy atom. The third kappa shape index (κ3) is 7.07. The zero-order chi connectivity index (χ0) is 16.9. The van der Waals surface area contributed by atoms with Crippen LogP contribution < -0.4 is 0 Å². The molecule has 3 aromatic rings. The van der Waals surface area contributed by atoms with Crippen molar-refractivity contribution in [3.63, 3.8) is 0 Å². The van der Waals surface area contributed by atoms with Crippen LogP contribution in [-0.4, -0.2) is 8.07 Å². The van der Waals surface area contributed by atoms with Crippen LogP contribution in [-0.2, 0) is 21.1 Å². The second kappa shape index (κ2) is 9.25. The van der Waals surface area contributed by atoms with E-state index in [4.69, 9.17) is 0 Å². The van der Waals surface area contributed by atoms with Gasteiger partial charge >= 0.3 is 21.1 Å². The molecule has 0 bridgehead atoms. The van der Waals surface area contributed by atoms with E-state index < -0.39 is 8.07 Å². The number of aryl methyl sites for hydroxylation is 1. The first kappa shape index (κ1) is 20.7. The maximum absolute atomic E-state index is 3.91. The molecule has 0 saturated heterocycles. The average molecular weight is 514 g/mol. The van der Waals surface area contributed by atoms with E-state index in [1.165, 1.54) is 27.8 Å². The van der Waals surface area contributed by atoms with Crippen LogP contribution >= 0.6 is 0 Å². The van der Waals surface area contributed by atoms with Gasteiger partial charge in [-0.25, -0.2) is 0 Å². The summed E-state index contributed by atoms with van der Waals surface area (Å²) in [5.74, 6) is 0. The molecular weight excluding hydrogens is 487 g/mol. The fourth-order valence-corrected chi connectivity index (χ4v) is 2.23. The molecule has 0 aromatic heterocycles. The molecular formula is C22H26PtSi. The Morgan fingerprint density at radius 2 is 1.29 bits per heavy atom. The van der Waals surface area contributed by atoms with Crippen molar-refractivity contribution in [3.05, 3.63) is 84.9 Å². The summed E-state index contributed by atoms with van der Waals surface area (Å²) in [6.07, 6.45) is 0. The largest absolute Gasteiger partial charge is 2.00 e. The second-order valence-electron chi connectivity index (χ2n) is 7.18. The van der Waals surface area contributed by atoms with Crippen LogP contribution in [0.1, 0.15) is 5.56 Å². The van der Waals surface area contributed by atoms with Crippen LogP contribution in [0.4, 0.5) is 0 Å². The smallest absolute Gasteiger partial charge is 0.342 e. The fourth-order valence-electron chi connectivity index (χ4n) is 2.23. The summed E-state index contributed by atoms with van der Waals surface area (Å²) in [6, 6.07) is 25.8. The monoisotopic (exact) mass is 513 g/mol. The molecule has 0 radical (unpaired) electrons. The normalized spacial score (nSPS) is 10.4. The maximum atomic E-state index is 3.91. The molecule has 0 unspecified atom stereocenters. The van der Waals surface area contributed by atoms with Gasteiger partial charge in [-0.15, -0.1) is 49.5 Å². The van der Waals surface area contributed by atoms with E-state index in [0.717, 1.165) is 0 Å². The average Bonchev–Trinajstić information content (AvgIpc) is 2.93. The van der Waals surface area contributed by atoms with Gasteiger partial charge in [0.1, 0.15) is 0 Å². The second-order valence-corrected chi connectivity index (χ2v) is 12.3. The molecule has 0 N–H and O–H groups in total. The molecule has 0 nitrogen and oxygen atoms in total. The summed E-state index contributed by atoms with van der Waals surface area (Å²) in [6.45, 7) is 12.7. The van der Waals surface area contributed by atoms with E-state index in [1.807, 2.05) is 6.07 Å². The Balaban J connectivity index is 0.000000425. The minimum absolute atomic E-state index is 0. The van der Waals surface area contributed by atoms with Crippen LogP contribution in [0.25, 0.3) is 22.3 Å². The number of hydrogen-bond donors (Lipinski definition) is 0. The van der Waals surface area contributed by atoms with Crippen LogP contribution in [0.15, 0.2) is 72.8 Å². The van der Waals surface area contributed by atoms with Crippen LogP contribution in [0, 0.1) is 13.5 Å². The number of rotatable bonds is 2. The number of hydrogen-bond acceptors (Lipinski definition) is 0. The summed E-state index contributed by atoms with van der Waals surface area (Å²) in [4.78, 5) is 0. The summed E-state index contributed by atoms with van der Waals surface area (Å²) >= 11 is 0. The summed E-state index contributed by atoms with van der Waals surface area (Å²) in [5.41, 5.74) is 6.43. The zero-order valence-electron chi connectivity index (χ0n) is 15.0. The van der Waals surface area contributed by atoms with E-state index in [2.05, 4.69) is 99.8 Å². The van der Waals surface area contributed by atoms with Crippen molar-refractivity contribution in [1.82, 2.24) is 0 Å². The first-order valence-electron chi connectivity index (χ1n) is 8.07. The Labute approximate surface area is 162 Å². The molecule has 0 atom stereocenters. The van der Waals surface area contributed by atoms with Crippen molar-refractivity contribution in [2.24, 2.45) is 0 Å². The van der Waals surface area contributed by atoms with Gasteiger partial charge in [0.2, 0.25) is 0 Å². The molecule has 2 heteroatoms.